The second-order valence-electron chi connectivity index (χ2n) is 4.10. The number of anilines is 1. The smallest absolute Gasteiger partial charge is 0.210 e. The van der Waals surface area contributed by atoms with Crippen molar-refractivity contribution >= 4 is 46.4 Å². The third-order valence-corrected chi connectivity index (χ3v) is 2.82. The van der Waals surface area contributed by atoms with Crippen molar-refractivity contribution in [2.24, 2.45) is 16.8 Å². The molecule has 0 unspecified atom stereocenters. The van der Waals surface area contributed by atoms with Crippen LogP contribution in [0.15, 0.2) is 17.1 Å². The van der Waals surface area contributed by atoms with Gasteiger partial charge in [-0.3, -0.25) is 10.4 Å². The molecule has 0 bridgehead atoms. The Hall–Kier alpha value is -0.680. The minimum atomic E-state index is 0.398. The van der Waals surface area contributed by atoms with Crippen molar-refractivity contribution in [3.05, 3.63) is 27.2 Å². The Kier molecular flexibility index (Phi) is 6.02. The average molecular weight is 310 g/mol. The molecule has 1 aromatic carbocycles. The maximum atomic E-state index is 6.04. The highest BCUT2D eigenvalue weighted by molar-refractivity contribution is 6.42. The summed E-state index contributed by atoms with van der Waals surface area (Å²) in [5, 5.41) is 4.21. The lowest BCUT2D eigenvalue weighted by Gasteiger charge is -2.13. The summed E-state index contributed by atoms with van der Waals surface area (Å²) < 4.78 is 0. The normalized spacial score (nSPS) is 11.8. The Balaban J connectivity index is 2.92. The molecule has 100 valence electrons. The molecule has 0 aliphatic heterocycles. The van der Waals surface area contributed by atoms with Crippen molar-refractivity contribution in [3.8, 4) is 0 Å². The summed E-state index contributed by atoms with van der Waals surface area (Å²) in [5.74, 6) is 6.20. The van der Waals surface area contributed by atoms with Crippen LogP contribution < -0.4 is 16.6 Å². The van der Waals surface area contributed by atoms with Gasteiger partial charge >= 0.3 is 0 Å². The van der Waals surface area contributed by atoms with E-state index in [1.165, 1.54) is 0 Å². The third-order valence-electron chi connectivity index (χ3n) is 2.00. The molecule has 0 spiro atoms. The number of hydrazine groups is 1. The van der Waals surface area contributed by atoms with Crippen LogP contribution in [0, 0.1) is 5.92 Å². The van der Waals surface area contributed by atoms with Crippen molar-refractivity contribution in [3.63, 3.8) is 0 Å². The van der Waals surface area contributed by atoms with E-state index in [1.807, 2.05) is 0 Å². The van der Waals surface area contributed by atoms with Crippen LogP contribution in [0.3, 0.4) is 0 Å². The number of aliphatic imine (C=N–C) groups is 1. The Morgan fingerprint density at radius 3 is 2.28 bits per heavy atom. The van der Waals surface area contributed by atoms with E-state index >= 15 is 0 Å². The van der Waals surface area contributed by atoms with Crippen LogP contribution in [0.1, 0.15) is 13.8 Å². The first-order valence-corrected chi connectivity index (χ1v) is 6.50. The van der Waals surface area contributed by atoms with Crippen molar-refractivity contribution < 1.29 is 0 Å². The first-order valence-electron chi connectivity index (χ1n) is 5.36. The van der Waals surface area contributed by atoms with E-state index in [9.17, 15) is 0 Å². The first-order chi connectivity index (χ1) is 8.43. The van der Waals surface area contributed by atoms with Crippen LogP contribution in [0.25, 0.3) is 0 Å². The van der Waals surface area contributed by atoms with Crippen molar-refractivity contribution in [2.75, 3.05) is 11.9 Å². The van der Waals surface area contributed by atoms with Gasteiger partial charge in [-0.1, -0.05) is 48.7 Å². The summed E-state index contributed by atoms with van der Waals surface area (Å²) in [7, 11) is 0. The highest BCUT2D eigenvalue weighted by Gasteiger charge is 2.09. The molecule has 7 heteroatoms. The highest BCUT2D eigenvalue weighted by Crippen LogP contribution is 2.33. The van der Waals surface area contributed by atoms with Gasteiger partial charge in [-0.15, -0.1) is 0 Å². The molecular formula is C11H15Cl3N4. The number of guanidine groups is 1. The Morgan fingerprint density at radius 2 is 1.83 bits per heavy atom. The number of hydrogen-bond acceptors (Lipinski definition) is 2. The van der Waals surface area contributed by atoms with Crippen LogP contribution in [-0.4, -0.2) is 12.5 Å². The summed E-state index contributed by atoms with van der Waals surface area (Å²) in [6, 6.07) is 3.18. The van der Waals surface area contributed by atoms with Gasteiger partial charge in [-0.25, -0.2) is 5.84 Å². The summed E-state index contributed by atoms with van der Waals surface area (Å²) in [5.41, 5.74) is 2.98. The molecule has 0 aliphatic carbocycles. The van der Waals surface area contributed by atoms with Crippen LogP contribution >= 0.6 is 34.8 Å². The molecule has 0 aliphatic rings. The fourth-order valence-corrected chi connectivity index (χ4v) is 2.09. The van der Waals surface area contributed by atoms with E-state index in [0.29, 0.717) is 39.2 Å². The lowest BCUT2D eigenvalue weighted by molar-refractivity contribution is 0.663. The maximum Gasteiger partial charge on any atom is 0.210 e. The summed E-state index contributed by atoms with van der Waals surface area (Å²) >= 11 is 17.9. The number of nitrogens with zero attached hydrogens (tertiary/aromatic N) is 1. The topological polar surface area (TPSA) is 62.4 Å². The van der Waals surface area contributed by atoms with Gasteiger partial charge in [0.2, 0.25) is 5.96 Å². The average Bonchev–Trinajstić information content (AvgIpc) is 2.26. The molecular weight excluding hydrogens is 295 g/mol. The molecule has 0 fully saturated rings. The zero-order valence-electron chi connectivity index (χ0n) is 10.1. The summed E-state index contributed by atoms with van der Waals surface area (Å²) in [6.07, 6.45) is 0. The molecule has 4 N–H and O–H groups in total. The molecule has 0 atom stereocenters. The predicted octanol–water partition coefficient (Wildman–Crippen LogP) is 3.53. The molecule has 1 aromatic rings. The van der Waals surface area contributed by atoms with Gasteiger partial charge in [0.15, 0.2) is 0 Å². The van der Waals surface area contributed by atoms with Crippen LogP contribution in [0.5, 0.6) is 0 Å². The monoisotopic (exact) mass is 308 g/mol. The Bertz CT molecular complexity index is 423. The van der Waals surface area contributed by atoms with Crippen LogP contribution in [0.2, 0.25) is 15.1 Å². The van der Waals surface area contributed by atoms with Crippen molar-refractivity contribution in [1.82, 2.24) is 5.43 Å². The van der Waals surface area contributed by atoms with E-state index in [0.717, 1.165) is 0 Å². The zero-order valence-corrected chi connectivity index (χ0v) is 12.4. The van der Waals surface area contributed by atoms with E-state index < -0.39 is 0 Å². The maximum absolute atomic E-state index is 6.04. The fourth-order valence-electron chi connectivity index (χ4n) is 1.18. The lowest BCUT2D eigenvalue weighted by atomic mass is 10.2. The number of nitrogens with one attached hydrogen (secondary N) is 2. The second kappa shape index (κ2) is 7.04. The molecule has 0 saturated carbocycles. The third kappa shape index (κ3) is 4.53. The van der Waals surface area contributed by atoms with Gasteiger partial charge in [-0.05, 0) is 18.1 Å². The molecule has 0 radical (unpaired) electrons. The van der Waals surface area contributed by atoms with Crippen molar-refractivity contribution in [1.29, 1.82) is 0 Å². The van der Waals surface area contributed by atoms with Gasteiger partial charge in [0.05, 0.1) is 15.7 Å². The second-order valence-corrected chi connectivity index (χ2v) is 5.35. The van der Waals surface area contributed by atoms with E-state index in [2.05, 4.69) is 29.6 Å². The quantitative estimate of drug-likeness (QED) is 0.346. The predicted molar refractivity (Wildman–Crippen MR) is 79.6 cm³/mol. The van der Waals surface area contributed by atoms with Gasteiger partial charge in [-0.2, -0.15) is 0 Å². The van der Waals surface area contributed by atoms with E-state index in [-0.39, 0.29) is 0 Å². The largest absolute Gasteiger partial charge is 0.323 e. The van der Waals surface area contributed by atoms with Crippen LogP contribution in [0.4, 0.5) is 5.69 Å². The number of rotatable bonds is 3. The molecule has 18 heavy (non-hydrogen) atoms. The van der Waals surface area contributed by atoms with E-state index in [4.69, 9.17) is 40.6 Å². The number of benzene rings is 1. The zero-order chi connectivity index (χ0) is 13.7. The molecule has 0 aromatic heterocycles. The molecule has 1 rings (SSSR count). The molecule has 0 amide bonds. The van der Waals surface area contributed by atoms with Gasteiger partial charge < -0.3 is 5.32 Å². The van der Waals surface area contributed by atoms with Gasteiger partial charge in [0.25, 0.3) is 0 Å². The SMILES string of the molecule is CC(C)CN=C(NN)Nc1c(Cl)cc(Cl)cc1Cl. The lowest BCUT2D eigenvalue weighted by Crippen LogP contribution is -2.36. The minimum Gasteiger partial charge on any atom is -0.323 e. The summed E-state index contributed by atoms with van der Waals surface area (Å²) in [4.78, 5) is 4.26. The number of halogens is 3. The van der Waals surface area contributed by atoms with Crippen molar-refractivity contribution in [2.45, 2.75) is 13.8 Å². The number of nitrogens with two attached hydrogens (primary N) is 1. The van der Waals surface area contributed by atoms with Gasteiger partial charge in [0, 0.05) is 11.6 Å². The number of hydrogen-bond donors (Lipinski definition) is 3. The van der Waals surface area contributed by atoms with E-state index in [1.54, 1.807) is 12.1 Å². The summed E-state index contributed by atoms with van der Waals surface area (Å²) in [6.45, 7) is 4.75. The van der Waals surface area contributed by atoms with Crippen LogP contribution in [-0.2, 0) is 0 Å². The molecule has 0 saturated heterocycles. The molecule has 0 heterocycles. The fraction of sp³-hybridized carbons (Fsp3) is 0.364. The first kappa shape index (κ1) is 15.4. The Labute approximate surface area is 121 Å². The minimum absolute atomic E-state index is 0.398. The Morgan fingerprint density at radius 1 is 1.28 bits per heavy atom. The standard InChI is InChI=1S/C11H15Cl3N4/c1-6(2)5-16-11(18-15)17-10-8(13)3-7(12)4-9(10)14/h3-4,6H,5,15H2,1-2H3,(H2,16,17,18). The highest BCUT2D eigenvalue weighted by atomic mass is 35.5. The van der Waals surface area contributed by atoms with Gasteiger partial charge in [0.1, 0.15) is 0 Å². The molecule has 4 nitrogen and oxygen atoms in total.